The number of rotatable bonds is 5. The summed E-state index contributed by atoms with van der Waals surface area (Å²) in [4.78, 5) is 0. The molecule has 0 spiro atoms. The van der Waals surface area contributed by atoms with E-state index < -0.39 is 0 Å². The van der Waals surface area contributed by atoms with Gasteiger partial charge in [-0.05, 0) is 78.7 Å². The van der Waals surface area contributed by atoms with Crippen LogP contribution in [-0.2, 0) is 0 Å². The molecule has 0 amide bonds. The van der Waals surface area contributed by atoms with Crippen LogP contribution in [0.2, 0.25) is 10.0 Å². The summed E-state index contributed by atoms with van der Waals surface area (Å²) >= 11 is 12.3. The maximum atomic E-state index is 10.5. The molecular weight excluding hydrogens is 419 g/mol. The van der Waals surface area contributed by atoms with Gasteiger partial charge in [-0.15, -0.1) is 0 Å². The summed E-state index contributed by atoms with van der Waals surface area (Å²) in [5.41, 5.74) is 3.71. The molecule has 154 valence electrons. The van der Waals surface area contributed by atoms with Gasteiger partial charge in [-0.25, -0.2) is 0 Å². The fraction of sp³-hybridized carbons (Fsp3) is 0.167. The highest BCUT2D eigenvalue weighted by Crippen LogP contribution is 2.35. The Kier molecular flexibility index (Phi) is 6.18. The molecule has 30 heavy (non-hydrogen) atoms. The van der Waals surface area contributed by atoms with Gasteiger partial charge in [-0.3, -0.25) is 5.32 Å². The molecular formula is C24H22Cl2N2O2. The first kappa shape index (κ1) is 20.6. The van der Waals surface area contributed by atoms with Gasteiger partial charge in [0.2, 0.25) is 0 Å². The fourth-order valence-electron chi connectivity index (χ4n) is 3.51. The van der Waals surface area contributed by atoms with E-state index in [2.05, 4.69) is 10.6 Å². The van der Waals surface area contributed by atoms with Crippen LogP contribution >= 0.6 is 23.2 Å². The number of phenols is 1. The van der Waals surface area contributed by atoms with E-state index in [4.69, 9.17) is 27.9 Å². The van der Waals surface area contributed by atoms with E-state index in [0.29, 0.717) is 22.2 Å². The number of aromatic hydroxyl groups is 1. The average Bonchev–Trinajstić information content (AvgIpc) is 2.76. The summed E-state index contributed by atoms with van der Waals surface area (Å²) < 4.78 is 5.56. The Labute approximate surface area is 186 Å². The zero-order valence-electron chi connectivity index (χ0n) is 16.4. The van der Waals surface area contributed by atoms with Crippen LogP contribution in [0.1, 0.15) is 35.8 Å². The fourth-order valence-corrected chi connectivity index (χ4v) is 3.81. The van der Waals surface area contributed by atoms with Crippen LogP contribution in [0.5, 0.6) is 11.5 Å². The van der Waals surface area contributed by atoms with Crippen LogP contribution in [0, 0.1) is 0 Å². The topological polar surface area (TPSA) is 53.5 Å². The van der Waals surface area contributed by atoms with Crippen LogP contribution in [0.25, 0.3) is 5.70 Å². The molecule has 1 aliphatic rings. The molecule has 3 aromatic carbocycles. The minimum Gasteiger partial charge on any atom is -0.508 e. The third-order valence-corrected chi connectivity index (χ3v) is 5.47. The van der Waals surface area contributed by atoms with Crippen LogP contribution in [0.4, 0.5) is 0 Å². The van der Waals surface area contributed by atoms with Gasteiger partial charge in [0.15, 0.2) is 0 Å². The summed E-state index contributed by atoms with van der Waals surface area (Å²) in [6.07, 6.45) is 1.87. The van der Waals surface area contributed by atoms with Crippen LogP contribution in [-0.4, -0.2) is 11.7 Å². The van der Waals surface area contributed by atoms with Gasteiger partial charge < -0.3 is 15.2 Å². The van der Waals surface area contributed by atoms with Crippen molar-refractivity contribution in [2.24, 2.45) is 0 Å². The number of hydrogen-bond donors (Lipinski definition) is 3. The largest absolute Gasteiger partial charge is 0.508 e. The van der Waals surface area contributed by atoms with Crippen molar-refractivity contribution in [1.29, 1.82) is 0 Å². The molecule has 0 saturated carbocycles. The first-order chi connectivity index (χ1) is 14.5. The monoisotopic (exact) mass is 440 g/mol. The van der Waals surface area contributed by atoms with E-state index in [1.165, 1.54) is 0 Å². The second kappa shape index (κ2) is 9.00. The van der Waals surface area contributed by atoms with E-state index in [-0.39, 0.29) is 18.0 Å². The molecule has 1 aliphatic heterocycles. The normalized spacial score (nSPS) is 18.4. The Morgan fingerprint density at radius 3 is 2.33 bits per heavy atom. The van der Waals surface area contributed by atoms with Crippen molar-refractivity contribution < 1.29 is 9.84 Å². The third kappa shape index (κ3) is 4.57. The van der Waals surface area contributed by atoms with E-state index in [9.17, 15) is 5.11 Å². The smallest absolute Gasteiger partial charge is 0.120 e. The number of nitrogens with one attached hydrogen (secondary N) is 2. The number of ether oxygens (including phenoxy) is 1. The number of halogens is 2. The van der Waals surface area contributed by atoms with Crippen LogP contribution < -0.4 is 15.4 Å². The highest BCUT2D eigenvalue weighted by atomic mass is 35.5. The molecule has 2 atom stereocenters. The average molecular weight is 441 g/mol. The van der Waals surface area contributed by atoms with Gasteiger partial charge in [0, 0.05) is 21.3 Å². The summed E-state index contributed by atoms with van der Waals surface area (Å²) in [7, 11) is 0. The van der Waals surface area contributed by atoms with Crippen molar-refractivity contribution in [1.82, 2.24) is 10.6 Å². The lowest BCUT2D eigenvalue weighted by Gasteiger charge is -2.33. The second-order valence-corrected chi connectivity index (χ2v) is 7.89. The number of phenolic OH excluding ortho intramolecular Hbond substituents is 1. The standard InChI is InChI=1S/C24H22Cl2N2O2/c1-2-30-19-10-5-15(6-11-19)21-14-22(20-13-18(26)9-12-23(20)29)28-24(27-21)16-3-7-17(25)8-4-16/h3-14,22,24,27-29H,2H2,1H3. The van der Waals surface area contributed by atoms with Crippen molar-refractivity contribution in [3.63, 3.8) is 0 Å². The predicted molar refractivity (Wildman–Crippen MR) is 122 cm³/mol. The van der Waals surface area contributed by atoms with Gasteiger partial charge in [0.25, 0.3) is 0 Å². The molecule has 3 aromatic rings. The molecule has 6 heteroatoms. The first-order valence-electron chi connectivity index (χ1n) is 9.75. The summed E-state index contributed by atoms with van der Waals surface area (Å²) in [6.45, 7) is 2.59. The lowest BCUT2D eigenvalue weighted by Crippen LogP contribution is -2.39. The first-order valence-corrected chi connectivity index (χ1v) is 10.5. The maximum absolute atomic E-state index is 10.5. The molecule has 0 saturated heterocycles. The Morgan fingerprint density at radius 1 is 0.933 bits per heavy atom. The van der Waals surface area contributed by atoms with Gasteiger partial charge in [0.1, 0.15) is 17.7 Å². The second-order valence-electron chi connectivity index (χ2n) is 7.01. The Morgan fingerprint density at radius 2 is 1.63 bits per heavy atom. The van der Waals surface area contributed by atoms with Gasteiger partial charge in [-0.2, -0.15) is 0 Å². The highest BCUT2D eigenvalue weighted by molar-refractivity contribution is 6.30. The molecule has 2 unspecified atom stereocenters. The van der Waals surface area contributed by atoms with Gasteiger partial charge >= 0.3 is 0 Å². The van der Waals surface area contributed by atoms with E-state index >= 15 is 0 Å². The molecule has 3 N–H and O–H groups in total. The lowest BCUT2D eigenvalue weighted by atomic mass is 9.98. The minimum absolute atomic E-state index is 0.183. The van der Waals surface area contributed by atoms with Crippen LogP contribution in [0.3, 0.4) is 0 Å². The van der Waals surface area contributed by atoms with Crippen LogP contribution in [0.15, 0.2) is 72.8 Å². The van der Waals surface area contributed by atoms with Crippen molar-refractivity contribution in [3.05, 3.63) is 99.5 Å². The predicted octanol–water partition coefficient (Wildman–Crippen LogP) is 6.07. The summed E-state index contributed by atoms with van der Waals surface area (Å²) in [5, 5.41) is 18.8. The summed E-state index contributed by atoms with van der Waals surface area (Å²) in [6, 6.07) is 20.4. The molecule has 1 heterocycles. The molecule has 0 aromatic heterocycles. The van der Waals surface area contributed by atoms with E-state index in [0.717, 1.165) is 22.6 Å². The molecule has 0 fully saturated rings. The zero-order chi connectivity index (χ0) is 21.1. The van der Waals surface area contributed by atoms with Crippen molar-refractivity contribution in [2.75, 3.05) is 6.61 Å². The van der Waals surface area contributed by atoms with Gasteiger partial charge in [0.05, 0.1) is 12.6 Å². The Bertz CT molecular complexity index is 1050. The SMILES string of the molecule is CCOc1ccc(C2=CC(c3cc(Cl)ccc3O)NC(c3ccc(Cl)cc3)N2)cc1. The minimum atomic E-state index is -0.243. The van der Waals surface area contributed by atoms with Crippen molar-refractivity contribution in [3.8, 4) is 11.5 Å². The molecule has 0 aliphatic carbocycles. The molecule has 4 nitrogen and oxygen atoms in total. The highest BCUT2D eigenvalue weighted by Gasteiger charge is 2.26. The van der Waals surface area contributed by atoms with Gasteiger partial charge in [-0.1, -0.05) is 35.3 Å². The number of benzene rings is 3. The number of hydrogen-bond acceptors (Lipinski definition) is 4. The molecule has 0 radical (unpaired) electrons. The lowest BCUT2D eigenvalue weighted by molar-refractivity contribution is 0.340. The summed E-state index contributed by atoms with van der Waals surface area (Å²) in [5.74, 6) is 1.02. The van der Waals surface area contributed by atoms with Crippen molar-refractivity contribution >= 4 is 28.9 Å². The third-order valence-electron chi connectivity index (χ3n) is 4.98. The molecule has 4 rings (SSSR count). The quantitative estimate of drug-likeness (QED) is 0.450. The Hall–Kier alpha value is -2.66. The van der Waals surface area contributed by atoms with E-state index in [1.54, 1.807) is 18.2 Å². The van der Waals surface area contributed by atoms with E-state index in [1.807, 2.05) is 61.5 Å². The zero-order valence-corrected chi connectivity index (χ0v) is 17.9. The molecule has 0 bridgehead atoms. The Balaban J connectivity index is 1.73. The van der Waals surface area contributed by atoms with Crippen molar-refractivity contribution in [2.45, 2.75) is 19.1 Å². The maximum Gasteiger partial charge on any atom is 0.120 e.